The van der Waals surface area contributed by atoms with Crippen molar-refractivity contribution in [2.45, 2.75) is 25.4 Å². The molecule has 0 unspecified atom stereocenters. The largest absolute Gasteiger partial charge is 0.462 e. The summed E-state index contributed by atoms with van der Waals surface area (Å²) in [4.78, 5) is 24.5. The molecule has 0 atom stereocenters. The summed E-state index contributed by atoms with van der Waals surface area (Å²) < 4.78 is 8.77. The van der Waals surface area contributed by atoms with E-state index in [2.05, 4.69) is 15.5 Å². The van der Waals surface area contributed by atoms with Crippen molar-refractivity contribution < 1.29 is 14.3 Å². The number of ether oxygens (including phenoxy) is 1. The van der Waals surface area contributed by atoms with Crippen molar-refractivity contribution in [2.75, 3.05) is 17.7 Å². The third-order valence-corrected chi connectivity index (χ3v) is 4.76. The number of aryl methyl sites for hydroxylation is 1. The van der Waals surface area contributed by atoms with Gasteiger partial charge in [-0.2, -0.15) is 0 Å². The maximum atomic E-state index is 12.4. The average molecular weight is 399 g/mol. The van der Waals surface area contributed by atoms with Crippen LogP contribution >= 0.6 is 11.8 Å². The number of nitrogens with one attached hydrogen (secondary N) is 1. The molecule has 0 spiro atoms. The number of esters is 1. The lowest BCUT2D eigenvalue weighted by Gasteiger charge is -2.11. The fraction of sp³-hybridized carbons (Fsp3) is 0.263. The maximum absolute atomic E-state index is 12.4. The Morgan fingerprint density at radius 1 is 1.11 bits per heavy atom. The lowest BCUT2D eigenvalue weighted by molar-refractivity contribution is -0.113. The van der Waals surface area contributed by atoms with Gasteiger partial charge in [0.25, 0.3) is 0 Å². The molecule has 0 fully saturated rings. The number of rotatable bonds is 8. The quantitative estimate of drug-likeness (QED) is 0.463. The standard InChI is InChI=1S/C19H21N5O3S/c1-3-16-21-22-19(24(16)23-11-7-8-12-23)28-13-17(25)20-15-10-6-5-9-14(15)18(26)27-4-2/h5-12H,3-4,13H2,1-2H3,(H,20,25). The summed E-state index contributed by atoms with van der Waals surface area (Å²) >= 11 is 1.27. The number of hydrogen-bond acceptors (Lipinski definition) is 6. The number of benzene rings is 1. The van der Waals surface area contributed by atoms with Gasteiger partial charge in [-0.25, -0.2) is 9.47 Å². The summed E-state index contributed by atoms with van der Waals surface area (Å²) in [5, 5.41) is 11.8. The molecule has 0 radical (unpaired) electrons. The van der Waals surface area contributed by atoms with E-state index >= 15 is 0 Å². The Morgan fingerprint density at radius 3 is 2.57 bits per heavy atom. The van der Waals surface area contributed by atoms with Gasteiger partial charge >= 0.3 is 5.97 Å². The highest BCUT2D eigenvalue weighted by Gasteiger charge is 2.17. The predicted molar refractivity (Wildman–Crippen MR) is 106 cm³/mol. The van der Waals surface area contributed by atoms with Gasteiger partial charge in [-0.05, 0) is 31.2 Å². The van der Waals surface area contributed by atoms with E-state index < -0.39 is 5.97 Å². The zero-order valence-corrected chi connectivity index (χ0v) is 16.5. The van der Waals surface area contributed by atoms with Crippen molar-refractivity contribution in [2.24, 2.45) is 0 Å². The van der Waals surface area contributed by atoms with E-state index in [0.717, 1.165) is 5.82 Å². The summed E-state index contributed by atoms with van der Waals surface area (Å²) in [6.07, 6.45) is 4.50. The second-order valence-corrected chi connectivity index (χ2v) is 6.67. The molecule has 8 nitrogen and oxygen atoms in total. The van der Waals surface area contributed by atoms with Crippen LogP contribution in [0.1, 0.15) is 30.0 Å². The van der Waals surface area contributed by atoms with Crippen molar-refractivity contribution in [3.63, 3.8) is 0 Å². The normalized spacial score (nSPS) is 10.6. The van der Waals surface area contributed by atoms with Crippen LogP contribution in [-0.2, 0) is 16.0 Å². The first-order valence-electron chi connectivity index (χ1n) is 8.90. The number of anilines is 1. The van der Waals surface area contributed by atoms with Crippen LogP contribution in [0.2, 0.25) is 0 Å². The van der Waals surface area contributed by atoms with Crippen LogP contribution in [0.4, 0.5) is 5.69 Å². The van der Waals surface area contributed by atoms with Gasteiger partial charge in [-0.15, -0.1) is 10.2 Å². The van der Waals surface area contributed by atoms with E-state index in [0.29, 0.717) is 22.8 Å². The molecule has 0 aliphatic rings. The van der Waals surface area contributed by atoms with Crippen molar-refractivity contribution in [1.29, 1.82) is 0 Å². The van der Waals surface area contributed by atoms with Crippen LogP contribution in [0, 0.1) is 0 Å². The summed E-state index contributed by atoms with van der Waals surface area (Å²) in [5.74, 6) is 0.208. The molecule has 0 saturated carbocycles. The number of carbonyl (C=O) groups is 2. The molecule has 2 heterocycles. The topological polar surface area (TPSA) is 91.0 Å². The highest BCUT2D eigenvalue weighted by atomic mass is 32.2. The second-order valence-electron chi connectivity index (χ2n) is 5.73. The predicted octanol–water partition coefficient (Wildman–Crippen LogP) is 2.86. The van der Waals surface area contributed by atoms with Crippen LogP contribution in [0.3, 0.4) is 0 Å². The van der Waals surface area contributed by atoms with E-state index in [9.17, 15) is 9.59 Å². The second kappa shape index (κ2) is 9.23. The first-order valence-corrected chi connectivity index (χ1v) is 9.89. The Kier molecular flexibility index (Phi) is 6.49. The number of para-hydroxylation sites is 1. The van der Waals surface area contributed by atoms with Gasteiger partial charge in [0, 0.05) is 18.8 Å². The highest BCUT2D eigenvalue weighted by molar-refractivity contribution is 7.99. The molecule has 28 heavy (non-hydrogen) atoms. The highest BCUT2D eigenvalue weighted by Crippen LogP contribution is 2.20. The number of nitrogens with zero attached hydrogens (tertiary/aromatic N) is 4. The summed E-state index contributed by atoms with van der Waals surface area (Å²) in [6, 6.07) is 10.6. The van der Waals surface area contributed by atoms with Crippen molar-refractivity contribution >= 4 is 29.3 Å². The Labute approximate surface area is 166 Å². The number of carbonyl (C=O) groups excluding carboxylic acids is 2. The lowest BCUT2D eigenvalue weighted by Crippen LogP contribution is -2.18. The molecule has 0 bridgehead atoms. The number of thioether (sulfide) groups is 1. The molecule has 1 aromatic carbocycles. The summed E-state index contributed by atoms with van der Waals surface area (Å²) in [6.45, 7) is 4.00. The monoisotopic (exact) mass is 399 g/mol. The zero-order valence-electron chi connectivity index (χ0n) is 15.7. The van der Waals surface area contributed by atoms with Gasteiger partial charge in [-0.1, -0.05) is 30.8 Å². The van der Waals surface area contributed by atoms with Crippen LogP contribution in [0.15, 0.2) is 53.9 Å². The van der Waals surface area contributed by atoms with Gasteiger partial charge in [0.15, 0.2) is 5.82 Å². The van der Waals surface area contributed by atoms with Gasteiger partial charge in [-0.3, -0.25) is 9.47 Å². The molecule has 1 N–H and O–H groups in total. The molecule has 2 aromatic heterocycles. The van der Waals surface area contributed by atoms with Crippen molar-refractivity contribution in [1.82, 2.24) is 19.5 Å². The first-order chi connectivity index (χ1) is 13.6. The molecule has 0 saturated heterocycles. The Hall–Kier alpha value is -3.07. The zero-order chi connectivity index (χ0) is 19.9. The van der Waals surface area contributed by atoms with E-state index in [4.69, 9.17) is 4.74 Å². The summed E-state index contributed by atoms with van der Waals surface area (Å²) in [5.41, 5.74) is 0.749. The molecular formula is C19H21N5O3S. The van der Waals surface area contributed by atoms with E-state index in [1.54, 1.807) is 31.2 Å². The third kappa shape index (κ3) is 4.42. The summed E-state index contributed by atoms with van der Waals surface area (Å²) in [7, 11) is 0. The molecule has 3 aromatic rings. The van der Waals surface area contributed by atoms with Crippen molar-refractivity contribution in [3.8, 4) is 0 Å². The van der Waals surface area contributed by atoms with Gasteiger partial charge in [0.05, 0.1) is 23.6 Å². The van der Waals surface area contributed by atoms with Crippen LogP contribution < -0.4 is 5.32 Å². The molecule has 146 valence electrons. The van der Waals surface area contributed by atoms with E-state index in [1.165, 1.54) is 11.8 Å². The molecule has 3 rings (SSSR count). The number of aromatic nitrogens is 4. The number of amides is 1. The smallest absolute Gasteiger partial charge is 0.340 e. The minimum absolute atomic E-state index is 0.125. The minimum Gasteiger partial charge on any atom is -0.462 e. The first kappa shape index (κ1) is 19.7. The Balaban J connectivity index is 1.70. The van der Waals surface area contributed by atoms with Gasteiger partial charge in [0.1, 0.15) is 0 Å². The maximum Gasteiger partial charge on any atom is 0.340 e. The molecule has 1 amide bonds. The third-order valence-electron chi connectivity index (χ3n) is 3.84. The minimum atomic E-state index is -0.467. The molecule has 9 heteroatoms. The SMILES string of the molecule is CCOC(=O)c1ccccc1NC(=O)CSc1nnc(CC)n1-n1cccc1. The lowest BCUT2D eigenvalue weighted by atomic mass is 10.2. The Bertz CT molecular complexity index is 952. The van der Waals surface area contributed by atoms with Gasteiger partial charge < -0.3 is 10.1 Å². The van der Waals surface area contributed by atoms with Gasteiger partial charge in [0.2, 0.25) is 11.1 Å². The van der Waals surface area contributed by atoms with Crippen LogP contribution in [0.5, 0.6) is 0 Å². The molecule has 0 aliphatic carbocycles. The fourth-order valence-corrected chi connectivity index (χ4v) is 3.35. The average Bonchev–Trinajstić information content (AvgIpc) is 3.36. The van der Waals surface area contributed by atoms with Crippen LogP contribution in [-0.4, -0.2) is 43.8 Å². The fourth-order valence-electron chi connectivity index (χ4n) is 2.59. The molecule has 0 aliphatic heterocycles. The Morgan fingerprint density at radius 2 is 1.86 bits per heavy atom. The van der Waals surface area contributed by atoms with E-state index in [-0.39, 0.29) is 18.3 Å². The van der Waals surface area contributed by atoms with E-state index in [1.807, 2.05) is 40.8 Å². The van der Waals surface area contributed by atoms with Crippen LogP contribution in [0.25, 0.3) is 0 Å². The molecular weight excluding hydrogens is 378 g/mol. The number of hydrogen-bond donors (Lipinski definition) is 1. The van der Waals surface area contributed by atoms with Crippen molar-refractivity contribution in [3.05, 3.63) is 60.2 Å².